The van der Waals surface area contributed by atoms with Gasteiger partial charge in [-0.25, -0.2) is 56.4 Å². The molecule has 5 atom stereocenters. The number of benzene rings is 3. The Bertz CT molecular complexity index is 5980. The molecule has 44 nitrogen and oxygen atoms in total. The summed E-state index contributed by atoms with van der Waals surface area (Å²) < 4.78 is 84.8. The largest absolute Gasteiger partial charge is 0.472 e. The van der Waals surface area contributed by atoms with Crippen LogP contribution in [0.25, 0.3) is 75.5 Å². The summed E-state index contributed by atoms with van der Waals surface area (Å²) in [7, 11) is -7.08. The molecule has 9 heterocycles. The smallest absolute Gasteiger partial charge is 0.462 e. The SMILES string of the molecule is C.C.CC(=O)OC[C@H](CO)OC(C)=O.CC(=O)OC[C@H](COP(=O)(O)OCCN1CCC(Cn2c(=O)[nH]c3c(N)nc4cc(C)ccc4c32)CC1)OC(C)=O.Cc1ccc2c(c1)nc(N)c1[nH]c(=O)n(CC3CCN(CCO)CC3)c12.[C-]#[N+]CCOP(N(C(C)C)C(C)C)N(C(C)C)C(C)C.[C-]#[N+]CCOP(OCCN1CCC(Cn2c(=O)[nH]c3c(N)nc4cc(C)ccc4c32)CC1)OC[C@@H](COC(C)=O)OC(C)=O.[V]. The minimum Gasteiger partial charge on any atom is -0.462 e. The second kappa shape index (κ2) is 62.5. The Hall–Kier alpha value is -9.99. The molecule has 146 heavy (non-hydrogen) atoms. The number of piperidine rings is 3. The Morgan fingerprint density at radius 3 is 1.10 bits per heavy atom. The summed E-state index contributed by atoms with van der Waals surface area (Å²) in [6.45, 7) is 53.8. The van der Waals surface area contributed by atoms with E-state index in [1.807, 2.05) is 79.9 Å². The number of nitrogens with zero attached hydrogens (tertiary/aromatic N) is 13. The number of nitrogen functional groups attached to an aromatic ring is 3. The number of pyridine rings is 3. The van der Waals surface area contributed by atoms with E-state index in [0.717, 1.165) is 157 Å². The maximum Gasteiger partial charge on any atom is 0.472 e. The summed E-state index contributed by atoms with van der Waals surface area (Å²) in [5, 5.41) is 20.4. The van der Waals surface area contributed by atoms with Crippen molar-refractivity contribution in [3.63, 3.8) is 0 Å². The molecular formula is C98H152N19O25P3V. The first-order valence-corrected chi connectivity index (χ1v) is 51.8. The van der Waals surface area contributed by atoms with Gasteiger partial charge in [0.25, 0.3) is 0 Å². The molecule has 3 saturated heterocycles. The number of aliphatic hydroxyl groups is 2. The number of aliphatic hydroxyl groups excluding tert-OH is 2. The third-order valence-corrected chi connectivity index (χ3v) is 28.7. The van der Waals surface area contributed by atoms with E-state index in [0.29, 0.717) is 122 Å². The van der Waals surface area contributed by atoms with Gasteiger partial charge in [0, 0.05) is 140 Å². The minimum atomic E-state index is -4.43. The quantitative estimate of drug-likeness (QED) is 0.00563. The van der Waals surface area contributed by atoms with Gasteiger partial charge in [-0.05, 0) is 207 Å². The number of phosphoric ester groups is 1. The topological polar surface area (TPSA) is 546 Å². The van der Waals surface area contributed by atoms with Crippen molar-refractivity contribution in [3.05, 3.63) is 126 Å². The van der Waals surface area contributed by atoms with Crippen molar-refractivity contribution < 1.29 is 123 Å². The van der Waals surface area contributed by atoms with Crippen LogP contribution >= 0.6 is 24.9 Å². The molecule has 12 N–H and O–H groups in total. The van der Waals surface area contributed by atoms with Crippen LogP contribution in [0.15, 0.2) is 69.0 Å². The molecule has 0 spiro atoms. The number of aromatic nitrogens is 9. The molecule has 3 aliphatic heterocycles. The van der Waals surface area contributed by atoms with E-state index in [9.17, 15) is 52.6 Å². The van der Waals surface area contributed by atoms with Gasteiger partial charge in [-0.1, -0.05) is 51.3 Å². The number of imidazole rings is 3. The number of carbonyl (C=O) groups excluding carboxylic acids is 6. The Morgan fingerprint density at radius 1 is 0.459 bits per heavy atom. The van der Waals surface area contributed by atoms with Crippen LogP contribution in [0.5, 0.6) is 0 Å². The number of rotatable bonds is 44. The van der Waals surface area contributed by atoms with E-state index < -0.39 is 85.6 Å². The predicted octanol–water partition coefficient (Wildman–Crippen LogP) is 11.9. The summed E-state index contributed by atoms with van der Waals surface area (Å²) in [4.78, 5) is 149. The van der Waals surface area contributed by atoms with E-state index in [1.54, 1.807) is 9.13 Å². The van der Waals surface area contributed by atoms with Gasteiger partial charge < -0.3 is 118 Å². The standard InChI is InChI=1S/C29H39N6O8P.C26H36N5O9P.C19H25N5O2.C15H32N3OP.C7H12O5.2CH4.V/c1-19-5-6-24-25(15-19)32-28(30)26-27(24)35(29(38)33-26)16-22-7-10-34(11-8-22)12-14-41-44(40-13-9-31-4)42-18-23(43-21(3)37)17-39-20(2)36;1-16-4-5-21-22(12-16)28-25(27)23-24(21)31(26(34)29-23)13-19-6-8-30(9-7-19)10-11-38-41(35,36)39-15-20(40-18(3)33)14-37-17(2)32;1-12-2-3-14-15(10-12)21-18(20)16-17(14)24(19(26)22-16)11-13-4-6-23(7-5-13)8-9-25;1-12(2)17(13(3)4)20(19-11-10-16-9)18(14(5)6)15(7)8;1-5(9)11-4-7(3-8)12-6(2)10;;;/h5-6,15,22-23H,7-14,16-18H2,1-3H3,(H2,30,32)(H,33,38);4-5,12,19-20H,6-11,13-15H2,1-3H3,(H2,27,28)(H,29,34)(H,35,36);2-3,10,13,25H,4-9,11H2,1H3,(H2,20,21)(H,22,26);12-15H,10-11H2,1-8H3;7-8H,3-4H2,1-2H3;2*1H4;/t23-,44?;20-;;;7-;;;/m11..0.../s1. The van der Waals surface area contributed by atoms with E-state index in [1.165, 1.54) is 34.6 Å². The van der Waals surface area contributed by atoms with Crippen LogP contribution in [0, 0.1) is 51.7 Å². The first-order valence-electron chi connectivity index (χ1n) is 48.0. The summed E-state index contributed by atoms with van der Waals surface area (Å²) in [6, 6.07) is 19.6. The molecule has 12 rings (SSSR count). The number of H-pyrrole nitrogens is 3. The molecule has 6 aromatic heterocycles. The number of nitrogens with one attached hydrogen (secondary N) is 3. The van der Waals surface area contributed by atoms with Gasteiger partial charge in [-0.15, -0.1) is 0 Å². The number of likely N-dealkylation sites (tertiary alicyclic amines) is 3. The first kappa shape index (κ1) is 126. The van der Waals surface area contributed by atoms with Crippen molar-refractivity contribution in [1.82, 2.24) is 67.6 Å². The fourth-order valence-corrected chi connectivity index (χ4v) is 21.1. The summed E-state index contributed by atoms with van der Waals surface area (Å²) in [5.41, 5.74) is 27.7. The van der Waals surface area contributed by atoms with Gasteiger partial charge in [0.05, 0.1) is 72.7 Å². The molecule has 0 bridgehead atoms. The average molecular weight is 2140 g/mol. The molecule has 809 valence electrons. The third-order valence-electron chi connectivity index (χ3n) is 23.5. The number of hydrogen-bond acceptors (Lipinski definition) is 35. The average Bonchev–Trinajstić information content (AvgIpc) is 1.62. The second-order valence-corrected chi connectivity index (χ2v) is 40.8. The van der Waals surface area contributed by atoms with Crippen LogP contribution in [0.1, 0.15) is 167 Å². The molecule has 0 aliphatic carbocycles. The maximum atomic E-state index is 13.0. The van der Waals surface area contributed by atoms with E-state index >= 15 is 0 Å². The van der Waals surface area contributed by atoms with Crippen molar-refractivity contribution in [2.45, 2.75) is 233 Å². The molecule has 9 aromatic rings. The van der Waals surface area contributed by atoms with Gasteiger partial charge in [-0.3, -0.25) is 51.5 Å². The number of hydrogen-bond donors (Lipinski definition) is 9. The van der Waals surface area contributed by atoms with Crippen LogP contribution < -0.4 is 34.3 Å². The van der Waals surface area contributed by atoms with Crippen LogP contribution in [0.4, 0.5) is 17.5 Å². The summed E-state index contributed by atoms with van der Waals surface area (Å²) >= 11 is 0. The molecule has 0 saturated carbocycles. The normalized spacial score (nSPS) is 15.2. The fraction of sp³-hybridized carbons (Fsp3) is 0.612. The number of β-amino-alcohol motifs (C(OH)–C–C–N with tert-alkyl or cyclic N) is 1. The van der Waals surface area contributed by atoms with Crippen LogP contribution in [0.3, 0.4) is 0 Å². The van der Waals surface area contributed by atoms with Crippen molar-refractivity contribution in [2.24, 2.45) is 17.8 Å². The fourth-order valence-electron chi connectivity index (χ4n) is 17.0. The molecule has 1 radical (unpaired) electrons. The van der Waals surface area contributed by atoms with E-state index in [-0.39, 0.29) is 116 Å². The summed E-state index contributed by atoms with van der Waals surface area (Å²) in [6.07, 6.45) is 2.90. The molecule has 0 amide bonds. The number of ether oxygens (including phenoxy) is 6. The zero-order valence-electron chi connectivity index (χ0n) is 85.5. The van der Waals surface area contributed by atoms with Gasteiger partial charge in [0.1, 0.15) is 67.0 Å². The van der Waals surface area contributed by atoms with Gasteiger partial charge in [-0.2, -0.15) is 0 Å². The Kier molecular flexibility index (Phi) is 54.1. The molecule has 3 aromatic carbocycles. The number of fused-ring (bicyclic) bond motifs is 9. The van der Waals surface area contributed by atoms with Crippen molar-refractivity contribution in [1.29, 1.82) is 0 Å². The number of esters is 6. The molecule has 3 fully saturated rings. The minimum absolute atomic E-state index is 0. The molecular weight excluding hydrogens is 1990 g/mol. The molecule has 48 heteroatoms. The number of carbonyl (C=O) groups is 6. The van der Waals surface area contributed by atoms with E-state index in [2.05, 4.69) is 128 Å². The zero-order valence-corrected chi connectivity index (χ0v) is 89.6. The third kappa shape index (κ3) is 39.5. The number of phosphoric acid groups is 1. The number of nitrogens with two attached hydrogens (primary N) is 3. The zero-order chi connectivity index (χ0) is 105. The van der Waals surface area contributed by atoms with Crippen LogP contribution in [0.2, 0.25) is 0 Å². The number of anilines is 3. The Balaban J connectivity index is 0.000000339. The van der Waals surface area contributed by atoms with Gasteiger partial charge in [0.2, 0.25) is 13.1 Å². The predicted molar refractivity (Wildman–Crippen MR) is 559 cm³/mol. The van der Waals surface area contributed by atoms with Gasteiger partial charge >= 0.3 is 69.3 Å². The Morgan fingerprint density at radius 2 is 0.774 bits per heavy atom. The molecule has 2 unspecified atom stereocenters. The number of aryl methyl sites for hydroxylation is 3. The first-order chi connectivity index (χ1) is 67.9. The van der Waals surface area contributed by atoms with Crippen molar-refractivity contribution in [3.8, 4) is 0 Å². The Labute approximate surface area is 867 Å². The van der Waals surface area contributed by atoms with Crippen LogP contribution in [-0.2, 0) is 127 Å². The van der Waals surface area contributed by atoms with E-state index in [4.69, 9.17) is 86.6 Å². The van der Waals surface area contributed by atoms with Crippen molar-refractivity contribution >= 4 is 144 Å². The number of aromatic amines is 3. The second-order valence-electron chi connectivity index (χ2n) is 36.5. The van der Waals surface area contributed by atoms with Crippen molar-refractivity contribution in [2.75, 3.05) is 162 Å². The van der Waals surface area contributed by atoms with Crippen LogP contribution in [-0.4, -0.2) is 306 Å². The van der Waals surface area contributed by atoms with Gasteiger partial charge in [0.15, 0.2) is 26.8 Å². The molecule has 3 aliphatic rings. The maximum absolute atomic E-state index is 13.0. The monoisotopic (exact) mass is 2140 g/mol. The summed E-state index contributed by atoms with van der Waals surface area (Å²) in [5.74, 6) is -1.28.